The molecule has 198 valence electrons. The number of nitrogens with zero attached hydrogens (tertiary/aromatic N) is 3. The number of amides is 2. The Balaban J connectivity index is 1.53. The average molecular weight is 535 g/mol. The van der Waals surface area contributed by atoms with Crippen molar-refractivity contribution in [1.82, 2.24) is 15.1 Å². The Labute approximate surface area is 219 Å². The Morgan fingerprint density at radius 3 is 2.33 bits per heavy atom. The molecule has 0 bridgehead atoms. The van der Waals surface area contributed by atoms with E-state index in [1.807, 2.05) is 11.0 Å². The molecule has 1 aromatic rings. The van der Waals surface area contributed by atoms with Crippen molar-refractivity contribution in [3.63, 3.8) is 0 Å². The van der Waals surface area contributed by atoms with Gasteiger partial charge in [0.2, 0.25) is 11.8 Å². The predicted octanol–water partition coefficient (Wildman–Crippen LogP) is 2.94. The molecule has 1 saturated heterocycles. The van der Waals surface area contributed by atoms with Crippen LogP contribution in [0.5, 0.6) is 0 Å². The Morgan fingerprint density at radius 1 is 1.08 bits per heavy atom. The largest absolute Gasteiger partial charge is 0.343 e. The lowest BCUT2D eigenvalue weighted by Gasteiger charge is -2.42. The number of sulfone groups is 1. The van der Waals surface area contributed by atoms with E-state index in [9.17, 15) is 18.0 Å². The lowest BCUT2D eigenvalue weighted by molar-refractivity contribution is -0.131. The Hall–Kier alpha value is -2.09. The lowest BCUT2D eigenvalue weighted by Crippen LogP contribution is -2.54. The zero-order valence-electron chi connectivity index (χ0n) is 21.5. The van der Waals surface area contributed by atoms with Crippen LogP contribution < -0.4 is 5.32 Å². The number of hydrogen-bond donors (Lipinski definition) is 1. The molecule has 3 rings (SSSR count). The summed E-state index contributed by atoms with van der Waals surface area (Å²) in [5.74, 6) is -0.524. The van der Waals surface area contributed by atoms with E-state index in [2.05, 4.69) is 31.0 Å². The molecule has 8 nitrogen and oxygen atoms in total. The molecule has 2 aliphatic rings. The predicted molar refractivity (Wildman–Crippen MR) is 141 cm³/mol. The molecule has 1 saturated carbocycles. The number of thioether (sulfide) groups is 1. The first-order valence-corrected chi connectivity index (χ1v) is 15.3. The highest BCUT2D eigenvalue weighted by Crippen LogP contribution is 2.33. The first-order valence-electron chi connectivity index (χ1n) is 12.6. The molecule has 1 heterocycles. The standard InChI is InChI=1S/C26H38N4O4S2/c1-26(2,3)30-16-14-29(15-17-30)24(31)18-35-21-8-10-22(11-9-21)36(33,34)19-20-6-4-5-7-23(20)25(32)28-13-12-27/h8-11,20,23H,4-7,13-19H2,1-3H3,(H,28,32)/t20-,23+/m1/s1. The lowest BCUT2D eigenvalue weighted by atomic mass is 9.80. The van der Waals surface area contributed by atoms with Crippen molar-refractivity contribution in [1.29, 1.82) is 5.26 Å². The highest BCUT2D eigenvalue weighted by Gasteiger charge is 2.34. The van der Waals surface area contributed by atoms with Gasteiger partial charge in [-0.05, 0) is 63.8 Å². The van der Waals surface area contributed by atoms with Crippen molar-refractivity contribution in [2.24, 2.45) is 11.8 Å². The van der Waals surface area contributed by atoms with Crippen molar-refractivity contribution >= 4 is 33.4 Å². The van der Waals surface area contributed by atoms with Gasteiger partial charge < -0.3 is 10.2 Å². The number of carbonyl (C=O) groups excluding carboxylic acids is 2. The van der Waals surface area contributed by atoms with Gasteiger partial charge >= 0.3 is 0 Å². The summed E-state index contributed by atoms with van der Waals surface area (Å²) in [5.41, 5.74) is 0.105. The molecule has 0 spiro atoms. The summed E-state index contributed by atoms with van der Waals surface area (Å²) in [5, 5.41) is 11.3. The van der Waals surface area contributed by atoms with Gasteiger partial charge in [0.25, 0.3) is 0 Å². The molecule has 2 fully saturated rings. The Morgan fingerprint density at radius 2 is 1.72 bits per heavy atom. The molecule has 2 amide bonds. The third kappa shape index (κ3) is 7.70. The third-order valence-corrected chi connectivity index (χ3v) is 10.0. The molecule has 2 atom stereocenters. The number of carbonyl (C=O) groups is 2. The minimum absolute atomic E-state index is 0.0659. The molecular formula is C26H38N4O4S2. The topological polar surface area (TPSA) is 111 Å². The second-order valence-electron chi connectivity index (χ2n) is 10.6. The third-order valence-electron chi connectivity index (χ3n) is 7.15. The van der Waals surface area contributed by atoms with Crippen molar-refractivity contribution in [2.45, 2.75) is 61.8 Å². The summed E-state index contributed by atoms with van der Waals surface area (Å²) in [6.45, 7) is 9.68. The first kappa shape index (κ1) is 28.5. The highest BCUT2D eigenvalue weighted by atomic mass is 32.2. The minimum Gasteiger partial charge on any atom is -0.343 e. The van der Waals surface area contributed by atoms with Gasteiger partial charge in [-0.25, -0.2) is 8.42 Å². The summed E-state index contributed by atoms with van der Waals surface area (Å²) in [4.78, 5) is 30.5. The second-order valence-corrected chi connectivity index (χ2v) is 13.7. The maximum absolute atomic E-state index is 13.1. The van der Waals surface area contributed by atoms with Crippen LogP contribution in [0.15, 0.2) is 34.1 Å². The second kappa shape index (κ2) is 12.4. The van der Waals surface area contributed by atoms with E-state index in [1.54, 1.807) is 24.3 Å². The van der Waals surface area contributed by atoms with Gasteiger partial charge in [-0.1, -0.05) is 12.8 Å². The fraction of sp³-hybridized carbons (Fsp3) is 0.654. The maximum Gasteiger partial charge on any atom is 0.233 e. The average Bonchev–Trinajstić information content (AvgIpc) is 2.85. The van der Waals surface area contributed by atoms with Crippen LogP contribution in [0, 0.1) is 23.2 Å². The van der Waals surface area contributed by atoms with Crippen LogP contribution in [0.1, 0.15) is 46.5 Å². The Bertz CT molecular complexity index is 1050. The zero-order valence-corrected chi connectivity index (χ0v) is 23.2. The van der Waals surface area contributed by atoms with Gasteiger partial charge in [0, 0.05) is 42.5 Å². The van der Waals surface area contributed by atoms with Crippen LogP contribution in [0.4, 0.5) is 0 Å². The highest BCUT2D eigenvalue weighted by molar-refractivity contribution is 8.00. The van der Waals surface area contributed by atoms with Crippen molar-refractivity contribution in [3.05, 3.63) is 24.3 Å². The molecule has 10 heteroatoms. The summed E-state index contributed by atoms with van der Waals surface area (Å²) in [6.07, 6.45) is 3.12. The summed E-state index contributed by atoms with van der Waals surface area (Å²) in [6, 6.07) is 8.59. The number of hydrogen-bond acceptors (Lipinski definition) is 7. The fourth-order valence-electron chi connectivity index (χ4n) is 4.99. The molecule has 0 radical (unpaired) electrons. The molecular weight excluding hydrogens is 496 g/mol. The van der Waals surface area contributed by atoms with Gasteiger partial charge in [-0.15, -0.1) is 11.8 Å². The number of nitriles is 1. The van der Waals surface area contributed by atoms with Crippen LogP contribution in [-0.4, -0.2) is 79.8 Å². The van der Waals surface area contributed by atoms with Gasteiger partial charge in [-0.2, -0.15) is 5.26 Å². The quantitative estimate of drug-likeness (QED) is 0.403. The molecule has 36 heavy (non-hydrogen) atoms. The van der Waals surface area contributed by atoms with E-state index in [0.717, 1.165) is 43.9 Å². The van der Waals surface area contributed by atoms with Crippen LogP contribution in [0.25, 0.3) is 0 Å². The summed E-state index contributed by atoms with van der Waals surface area (Å²) >= 11 is 1.42. The van der Waals surface area contributed by atoms with Crippen LogP contribution in [0.2, 0.25) is 0 Å². The first-order chi connectivity index (χ1) is 17.0. The SMILES string of the molecule is CC(C)(C)N1CCN(C(=O)CSc2ccc(S(=O)(=O)C[C@H]3CCCC[C@@H]3C(=O)NCC#N)cc2)CC1. The van der Waals surface area contributed by atoms with E-state index in [1.165, 1.54) is 11.8 Å². The van der Waals surface area contributed by atoms with Gasteiger partial charge in [0.1, 0.15) is 6.54 Å². The summed E-state index contributed by atoms with van der Waals surface area (Å²) < 4.78 is 26.2. The molecule has 1 aromatic carbocycles. The van der Waals surface area contributed by atoms with Crippen LogP contribution in [-0.2, 0) is 19.4 Å². The molecule has 1 N–H and O–H groups in total. The van der Waals surface area contributed by atoms with Gasteiger partial charge in [0.15, 0.2) is 9.84 Å². The van der Waals surface area contributed by atoms with E-state index in [4.69, 9.17) is 5.26 Å². The Kier molecular flexibility index (Phi) is 9.84. The van der Waals surface area contributed by atoms with E-state index in [0.29, 0.717) is 18.6 Å². The zero-order chi connectivity index (χ0) is 26.3. The minimum atomic E-state index is -3.56. The van der Waals surface area contributed by atoms with Gasteiger partial charge in [0.05, 0.1) is 22.5 Å². The molecule has 0 unspecified atom stereocenters. The van der Waals surface area contributed by atoms with E-state index >= 15 is 0 Å². The molecule has 1 aliphatic carbocycles. The smallest absolute Gasteiger partial charge is 0.233 e. The van der Waals surface area contributed by atoms with Crippen molar-refractivity contribution in [3.8, 4) is 6.07 Å². The monoisotopic (exact) mass is 534 g/mol. The number of benzene rings is 1. The van der Waals surface area contributed by atoms with Crippen LogP contribution in [0.3, 0.4) is 0 Å². The molecule has 1 aliphatic heterocycles. The number of rotatable bonds is 8. The van der Waals surface area contributed by atoms with Crippen LogP contribution >= 0.6 is 11.8 Å². The normalized spacial score (nSPS) is 21.6. The molecule has 0 aromatic heterocycles. The van der Waals surface area contributed by atoms with Crippen molar-refractivity contribution in [2.75, 3.05) is 44.2 Å². The van der Waals surface area contributed by atoms with Gasteiger partial charge in [-0.3, -0.25) is 14.5 Å². The number of nitrogens with one attached hydrogen (secondary N) is 1. The number of piperazine rings is 1. The van der Waals surface area contributed by atoms with E-state index in [-0.39, 0.29) is 46.4 Å². The van der Waals surface area contributed by atoms with Crippen molar-refractivity contribution < 1.29 is 18.0 Å². The van der Waals surface area contributed by atoms with E-state index < -0.39 is 9.84 Å². The maximum atomic E-state index is 13.1. The summed E-state index contributed by atoms with van der Waals surface area (Å²) in [7, 11) is -3.56. The fourth-order valence-corrected chi connectivity index (χ4v) is 7.50.